The van der Waals surface area contributed by atoms with Crippen molar-refractivity contribution >= 4 is 40.0 Å². The zero-order valence-electron chi connectivity index (χ0n) is 12.9. The van der Waals surface area contributed by atoms with Crippen LogP contribution in [0.2, 0.25) is 5.02 Å². The molecule has 9 heteroatoms. The van der Waals surface area contributed by atoms with Crippen molar-refractivity contribution in [3.05, 3.63) is 28.8 Å². The highest BCUT2D eigenvalue weighted by molar-refractivity contribution is 7.89. The molecule has 130 valence electrons. The SMILES string of the molecule is COC(=O)c1ccc(Cl)cc1S(=O)(=O)N(C)C1CCNCC1.Cl. The van der Waals surface area contributed by atoms with Crippen molar-refractivity contribution in [2.75, 3.05) is 27.2 Å². The third-order valence-corrected chi connectivity index (χ3v) is 6.01. The molecule has 2 rings (SSSR count). The molecule has 0 spiro atoms. The number of halogens is 2. The normalized spacial score (nSPS) is 16.0. The fourth-order valence-corrected chi connectivity index (χ4v) is 4.37. The van der Waals surface area contributed by atoms with Crippen molar-refractivity contribution in [1.82, 2.24) is 9.62 Å². The van der Waals surface area contributed by atoms with Gasteiger partial charge in [-0.25, -0.2) is 13.2 Å². The van der Waals surface area contributed by atoms with E-state index in [-0.39, 0.29) is 33.9 Å². The van der Waals surface area contributed by atoms with Gasteiger partial charge in [0, 0.05) is 18.1 Å². The Morgan fingerprint density at radius 2 is 1.96 bits per heavy atom. The molecule has 23 heavy (non-hydrogen) atoms. The fraction of sp³-hybridized carbons (Fsp3) is 0.500. The van der Waals surface area contributed by atoms with Crippen molar-refractivity contribution in [1.29, 1.82) is 0 Å². The summed E-state index contributed by atoms with van der Waals surface area (Å²) in [5, 5.41) is 3.45. The maximum absolute atomic E-state index is 12.9. The molecule has 0 atom stereocenters. The number of rotatable bonds is 4. The molecule has 1 aliphatic heterocycles. The molecule has 0 amide bonds. The topological polar surface area (TPSA) is 75.7 Å². The molecule has 1 aromatic carbocycles. The van der Waals surface area contributed by atoms with Gasteiger partial charge >= 0.3 is 5.97 Å². The van der Waals surface area contributed by atoms with Crippen molar-refractivity contribution in [2.24, 2.45) is 0 Å². The number of benzene rings is 1. The standard InChI is InChI=1S/C14H19ClN2O4S.ClH/c1-17(11-5-7-16-8-6-11)22(19,20)13-9-10(15)3-4-12(13)14(18)21-2;/h3-4,9,11,16H,5-8H2,1-2H3;1H. The van der Waals surface area contributed by atoms with Crippen LogP contribution in [-0.2, 0) is 14.8 Å². The number of nitrogens with zero attached hydrogens (tertiary/aromatic N) is 1. The Balaban J connectivity index is 0.00000264. The number of sulfonamides is 1. The van der Waals surface area contributed by atoms with E-state index in [0.717, 1.165) is 25.9 Å². The van der Waals surface area contributed by atoms with Crippen molar-refractivity contribution in [3.8, 4) is 0 Å². The number of piperidine rings is 1. The maximum Gasteiger partial charge on any atom is 0.339 e. The lowest BCUT2D eigenvalue weighted by Gasteiger charge is -2.31. The van der Waals surface area contributed by atoms with Gasteiger partial charge in [-0.15, -0.1) is 12.4 Å². The second kappa shape index (κ2) is 8.30. The summed E-state index contributed by atoms with van der Waals surface area (Å²) in [6.07, 6.45) is 1.45. The average molecular weight is 383 g/mol. The first-order valence-electron chi connectivity index (χ1n) is 6.94. The number of nitrogens with one attached hydrogen (secondary N) is 1. The first kappa shape index (κ1) is 20.2. The molecular weight excluding hydrogens is 363 g/mol. The zero-order valence-corrected chi connectivity index (χ0v) is 15.3. The lowest BCUT2D eigenvalue weighted by atomic mass is 10.1. The number of esters is 1. The van der Waals surface area contributed by atoms with Crippen LogP contribution in [0.15, 0.2) is 23.1 Å². The van der Waals surface area contributed by atoms with Crippen LogP contribution in [0.1, 0.15) is 23.2 Å². The Hall–Kier alpha value is -0.860. The van der Waals surface area contributed by atoms with E-state index < -0.39 is 16.0 Å². The fourth-order valence-electron chi connectivity index (χ4n) is 2.51. The van der Waals surface area contributed by atoms with Crippen LogP contribution in [0.25, 0.3) is 0 Å². The van der Waals surface area contributed by atoms with E-state index in [0.29, 0.717) is 0 Å². The largest absolute Gasteiger partial charge is 0.465 e. The molecule has 0 aromatic heterocycles. The highest BCUT2D eigenvalue weighted by Crippen LogP contribution is 2.27. The lowest BCUT2D eigenvalue weighted by molar-refractivity contribution is 0.0596. The summed E-state index contributed by atoms with van der Waals surface area (Å²) >= 11 is 5.92. The molecular formula is C14H20Cl2N2O4S. The summed E-state index contributed by atoms with van der Waals surface area (Å²) in [6.45, 7) is 1.54. The van der Waals surface area contributed by atoms with Crippen LogP contribution >= 0.6 is 24.0 Å². The zero-order chi connectivity index (χ0) is 16.3. The highest BCUT2D eigenvalue weighted by atomic mass is 35.5. The molecule has 1 aromatic rings. The molecule has 0 radical (unpaired) electrons. The van der Waals surface area contributed by atoms with E-state index in [4.69, 9.17) is 11.6 Å². The lowest BCUT2D eigenvalue weighted by Crippen LogP contribution is -2.44. The van der Waals surface area contributed by atoms with Crippen LogP contribution in [-0.4, -0.2) is 52.0 Å². The Kier molecular flexibility index (Phi) is 7.29. The van der Waals surface area contributed by atoms with E-state index in [1.54, 1.807) is 0 Å². The molecule has 1 aliphatic rings. The van der Waals surface area contributed by atoms with E-state index in [1.165, 1.54) is 36.7 Å². The van der Waals surface area contributed by atoms with Crippen molar-refractivity contribution in [3.63, 3.8) is 0 Å². The van der Waals surface area contributed by atoms with Crippen LogP contribution in [0, 0.1) is 0 Å². The van der Waals surface area contributed by atoms with Gasteiger partial charge in [0.1, 0.15) is 0 Å². The van der Waals surface area contributed by atoms with Crippen molar-refractivity contribution < 1.29 is 17.9 Å². The van der Waals surface area contributed by atoms with Gasteiger partial charge in [-0.2, -0.15) is 4.31 Å². The first-order chi connectivity index (χ1) is 10.4. The van der Waals surface area contributed by atoms with Gasteiger partial charge in [0.15, 0.2) is 0 Å². The van der Waals surface area contributed by atoms with E-state index >= 15 is 0 Å². The third kappa shape index (κ3) is 4.36. The molecule has 0 unspecified atom stereocenters. The average Bonchev–Trinajstić information content (AvgIpc) is 2.54. The minimum Gasteiger partial charge on any atom is -0.465 e. The second-order valence-electron chi connectivity index (χ2n) is 5.13. The van der Waals surface area contributed by atoms with Gasteiger partial charge < -0.3 is 10.1 Å². The summed E-state index contributed by atoms with van der Waals surface area (Å²) in [4.78, 5) is 11.7. The molecule has 0 aliphatic carbocycles. The number of methoxy groups -OCH3 is 1. The Morgan fingerprint density at radius 1 is 1.35 bits per heavy atom. The van der Waals surface area contributed by atoms with Crippen LogP contribution in [0.4, 0.5) is 0 Å². The van der Waals surface area contributed by atoms with Gasteiger partial charge in [0.05, 0.1) is 17.6 Å². The van der Waals surface area contributed by atoms with Crippen molar-refractivity contribution in [2.45, 2.75) is 23.8 Å². The molecule has 1 N–H and O–H groups in total. The van der Waals surface area contributed by atoms with E-state index in [2.05, 4.69) is 10.1 Å². The second-order valence-corrected chi connectivity index (χ2v) is 7.54. The first-order valence-corrected chi connectivity index (χ1v) is 8.76. The van der Waals surface area contributed by atoms with Crippen LogP contribution in [0.5, 0.6) is 0 Å². The predicted molar refractivity (Wildman–Crippen MR) is 90.9 cm³/mol. The monoisotopic (exact) mass is 382 g/mol. The van der Waals surface area contributed by atoms with Gasteiger partial charge in [0.25, 0.3) is 0 Å². The van der Waals surface area contributed by atoms with Crippen LogP contribution in [0.3, 0.4) is 0 Å². The van der Waals surface area contributed by atoms with Gasteiger partial charge in [-0.3, -0.25) is 0 Å². The van der Waals surface area contributed by atoms with Gasteiger partial charge in [0.2, 0.25) is 10.0 Å². The van der Waals surface area contributed by atoms with Gasteiger partial charge in [-0.05, 0) is 44.1 Å². The summed E-state index contributed by atoms with van der Waals surface area (Å²) in [7, 11) is -1.08. The number of carbonyl (C=O) groups excluding carboxylic acids is 1. The highest BCUT2D eigenvalue weighted by Gasteiger charge is 2.32. The number of carbonyl (C=O) groups is 1. The maximum atomic E-state index is 12.9. The molecule has 1 saturated heterocycles. The summed E-state index contributed by atoms with van der Waals surface area (Å²) in [5.41, 5.74) is -0.00677. The number of ether oxygens (including phenoxy) is 1. The summed E-state index contributed by atoms with van der Waals surface area (Å²) in [5.74, 6) is -0.700. The van der Waals surface area contributed by atoms with Gasteiger partial charge in [-0.1, -0.05) is 11.6 Å². The minimum absolute atomic E-state index is 0. The number of hydrogen-bond donors (Lipinski definition) is 1. The number of hydrogen-bond acceptors (Lipinski definition) is 5. The molecule has 0 saturated carbocycles. The molecule has 0 bridgehead atoms. The third-order valence-electron chi connectivity index (χ3n) is 3.83. The Bertz CT molecular complexity index is 661. The smallest absolute Gasteiger partial charge is 0.339 e. The van der Waals surface area contributed by atoms with E-state index in [9.17, 15) is 13.2 Å². The quantitative estimate of drug-likeness (QED) is 0.805. The molecule has 1 fully saturated rings. The Morgan fingerprint density at radius 3 is 2.52 bits per heavy atom. The van der Waals surface area contributed by atoms with E-state index in [1.807, 2.05) is 0 Å². The minimum atomic E-state index is -3.83. The summed E-state index contributed by atoms with van der Waals surface area (Å²) in [6, 6.07) is 4.03. The van der Waals surface area contributed by atoms with Crippen LogP contribution < -0.4 is 5.32 Å². The molecule has 6 nitrogen and oxygen atoms in total. The predicted octanol–water partition coefficient (Wildman–Crippen LogP) is 1.92. The Labute approximate surface area is 147 Å². The molecule has 1 heterocycles. The summed E-state index contributed by atoms with van der Waals surface area (Å²) < 4.78 is 31.7.